The Kier molecular flexibility index (Phi) is 5.27. The molecule has 2 heterocycles. The van der Waals surface area contributed by atoms with E-state index in [1.54, 1.807) is 30.1 Å². The van der Waals surface area contributed by atoms with Crippen LogP contribution >= 0.6 is 0 Å². The molecule has 6 nitrogen and oxygen atoms in total. The summed E-state index contributed by atoms with van der Waals surface area (Å²) in [6, 6.07) is 13.8. The van der Waals surface area contributed by atoms with Gasteiger partial charge >= 0.3 is 0 Å². The Bertz CT molecular complexity index is 1230. The van der Waals surface area contributed by atoms with Crippen molar-refractivity contribution in [2.45, 2.75) is 26.9 Å². The Labute approximate surface area is 173 Å². The third-order valence-corrected chi connectivity index (χ3v) is 5.19. The highest BCUT2D eigenvalue weighted by molar-refractivity contribution is 6.14. The molecule has 4 aromatic rings. The van der Waals surface area contributed by atoms with Crippen LogP contribution in [-0.2, 0) is 13.1 Å². The lowest BCUT2D eigenvalue weighted by Crippen LogP contribution is -2.14. The third kappa shape index (κ3) is 3.66. The molecule has 1 amide bonds. The first-order valence-corrected chi connectivity index (χ1v) is 9.76. The minimum atomic E-state index is -0.286. The molecule has 0 radical (unpaired) electrons. The molecule has 0 saturated carbocycles. The number of fused-ring (bicyclic) bond motifs is 1. The van der Waals surface area contributed by atoms with Gasteiger partial charge in [-0.25, -0.2) is 4.39 Å². The maximum atomic E-state index is 13.4. The van der Waals surface area contributed by atoms with E-state index in [1.807, 2.05) is 38.1 Å². The fourth-order valence-corrected chi connectivity index (χ4v) is 3.80. The Morgan fingerprint density at radius 2 is 2.03 bits per heavy atom. The van der Waals surface area contributed by atoms with E-state index in [1.165, 1.54) is 12.1 Å². The largest absolute Gasteiger partial charge is 0.497 e. The maximum Gasteiger partial charge on any atom is 0.259 e. The van der Waals surface area contributed by atoms with Crippen LogP contribution in [0.3, 0.4) is 0 Å². The minimum absolute atomic E-state index is 0.228. The molecule has 0 bridgehead atoms. The number of nitrogens with one attached hydrogen (secondary N) is 1. The number of anilines is 1. The number of nitrogens with zero attached hydrogens (tertiary/aromatic N) is 3. The number of methoxy groups -OCH3 is 1. The van der Waals surface area contributed by atoms with E-state index in [0.29, 0.717) is 23.7 Å². The van der Waals surface area contributed by atoms with Crippen LogP contribution in [0.2, 0.25) is 0 Å². The van der Waals surface area contributed by atoms with Gasteiger partial charge in [-0.2, -0.15) is 5.10 Å². The zero-order valence-electron chi connectivity index (χ0n) is 17.1. The number of carbonyl (C=O) groups excluding carboxylic acids is 1. The predicted molar refractivity (Wildman–Crippen MR) is 115 cm³/mol. The predicted octanol–water partition coefficient (Wildman–Crippen LogP) is 4.61. The topological polar surface area (TPSA) is 61.1 Å². The molecule has 0 aliphatic heterocycles. The van der Waals surface area contributed by atoms with Gasteiger partial charge in [0.2, 0.25) is 0 Å². The van der Waals surface area contributed by atoms with Crippen molar-refractivity contribution in [3.05, 3.63) is 77.4 Å². The normalized spacial score (nSPS) is 11.1. The van der Waals surface area contributed by atoms with Gasteiger partial charge in [0, 0.05) is 35.4 Å². The van der Waals surface area contributed by atoms with Crippen molar-refractivity contribution >= 4 is 22.6 Å². The van der Waals surface area contributed by atoms with Gasteiger partial charge in [-0.1, -0.05) is 12.1 Å². The van der Waals surface area contributed by atoms with Crippen molar-refractivity contribution in [1.82, 2.24) is 14.3 Å². The molecule has 7 heteroatoms. The van der Waals surface area contributed by atoms with Crippen LogP contribution in [0, 0.1) is 12.7 Å². The van der Waals surface area contributed by atoms with Crippen molar-refractivity contribution < 1.29 is 13.9 Å². The summed E-state index contributed by atoms with van der Waals surface area (Å²) in [5, 5.41) is 8.12. The van der Waals surface area contributed by atoms with Crippen molar-refractivity contribution in [2.24, 2.45) is 0 Å². The lowest BCUT2D eigenvalue weighted by atomic mass is 10.1. The maximum absolute atomic E-state index is 13.4. The molecule has 4 rings (SSSR count). The summed E-state index contributed by atoms with van der Waals surface area (Å²) in [5.74, 6) is 0.626. The van der Waals surface area contributed by atoms with Crippen molar-refractivity contribution in [1.29, 1.82) is 0 Å². The Balaban J connectivity index is 1.61. The number of ether oxygens (including phenoxy) is 1. The van der Waals surface area contributed by atoms with Crippen LogP contribution in [0.1, 0.15) is 28.5 Å². The van der Waals surface area contributed by atoms with Crippen LogP contribution in [0.5, 0.6) is 5.75 Å². The molecule has 2 aromatic carbocycles. The van der Waals surface area contributed by atoms with Gasteiger partial charge in [0.05, 0.1) is 19.2 Å². The molecule has 1 N–H and O–H groups in total. The Hall–Kier alpha value is -3.61. The molecule has 0 fully saturated rings. The van der Waals surface area contributed by atoms with Crippen LogP contribution in [0.15, 0.2) is 54.7 Å². The number of carbonyl (C=O) groups is 1. The van der Waals surface area contributed by atoms with E-state index in [9.17, 15) is 9.18 Å². The van der Waals surface area contributed by atoms with Gasteiger partial charge < -0.3 is 14.6 Å². The number of hydrogen-bond donors (Lipinski definition) is 1. The van der Waals surface area contributed by atoms with E-state index in [0.717, 1.165) is 28.7 Å². The lowest BCUT2D eigenvalue weighted by molar-refractivity contribution is 0.102. The van der Waals surface area contributed by atoms with E-state index in [2.05, 4.69) is 15.0 Å². The van der Waals surface area contributed by atoms with Gasteiger partial charge in [-0.3, -0.25) is 9.48 Å². The first kappa shape index (κ1) is 19.7. The second-order valence-corrected chi connectivity index (χ2v) is 7.07. The highest BCUT2D eigenvalue weighted by Gasteiger charge is 2.20. The summed E-state index contributed by atoms with van der Waals surface area (Å²) in [5.41, 5.74) is 3.27. The van der Waals surface area contributed by atoms with Gasteiger partial charge in [0.1, 0.15) is 11.6 Å². The van der Waals surface area contributed by atoms with Crippen LogP contribution in [0.25, 0.3) is 10.9 Å². The zero-order valence-corrected chi connectivity index (χ0v) is 17.1. The second kappa shape index (κ2) is 8.02. The number of aryl methyl sites for hydroxylation is 1. The van der Waals surface area contributed by atoms with Crippen LogP contribution in [0.4, 0.5) is 10.2 Å². The van der Waals surface area contributed by atoms with Crippen molar-refractivity contribution in [3.63, 3.8) is 0 Å². The Morgan fingerprint density at radius 1 is 1.20 bits per heavy atom. The highest BCUT2D eigenvalue weighted by Crippen LogP contribution is 2.30. The minimum Gasteiger partial charge on any atom is -0.497 e. The van der Waals surface area contributed by atoms with Crippen LogP contribution in [-0.4, -0.2) is 27.4 Å². The summed E-state index contributed by atoms with van der Waals surface area (Å²) in [6.07, 6.45) is 1.76. The van der Waals surface area contributed by atoms with E-state index >= 15 is 0 Å². The SMILES string of the molecule is CCn1c(C)c(C(=O)Nc2ccn(Cc3cccc(F)c3)n2)c2cc(OC)ccc21. The molecular weight excluding hydrogens is 383 g/mol. The van der Waals surface area contributed by atoms with E-state index in [-0.39, 0.29) is 11.7 Å². The standard InChI is InChI=1S/C23H23FN4O2/c1-4-28-15(2)22(19-13-18(30-3)8-9-20(19)28)23(29)25-21-10-11-27(26-21)14-16-6-5-7-17(24)12-16/h5-13H,4,14H2,1-3H3,(H,25,26,29). The average Bonchev–Trinajstić information content (AvgIpc) is 3.27. The summed E-state index contributed by atoms with van der Waals surface area (Å²) in [4.78, 5) is 13.1. The third-order valence-electron chi connectivity index (χ3n) is 5.19. The lowest BCUT2D eigenvalue weighted by Gasteiger charge is -2.05. The fraction of sp³-hybridized carbons (Fsp3) is 0.217. The quantitative estimate of drug-likeness (QED) is 0.508. The summed E-state index contributed by atoms with van der Waals surface area (Å²) >= 11 is 0. The summed E-state index contributed by atoms with van der Waals surface area (Å²) in [7, 11) is 1.61. The highest BCUT2D eigenvalue weighted by atomic mass is 19.1. The van der Waals surface area contributed by atoms with Gasteiger partial charge in [0.15, 0.2) is 5.82 Å². The number of rotatable bonds is 6. The number of hydrogen-bond acceptors (Lipinski definition) is 3. The molecule has 0 spiro atoms. The molecule has 0 aliphatic carbocycles. The van der Waals surface area contributed by atoms with Crippen molar-refractivity contribution in [2.75, 3.05) is 12.4 Å². The number of amides is 1. The van der Waals surface area contributed by atoms with Gasteiger partial charge in [0.25, 0.3) is 5.91 Å². The summed E-state index contributed by atoms with van der Waals surface area (Å²) in [6.45, 7) is 5.16. The molecule has 0 atom stereocenters. The number of halogens is 1. The van der Waals surface area contributed by atoms with Gasteiger partial charge in [-0.05, 0) is 49.7 Å². The molecule has 0 aliphatic rings. The van der Waals surface area contributed by atoms with Crippen molar-refractivity contribution in [3.8, 4) is 5.75 Å². The molecule has 0 unspecified atom stereocenters. The number of benzene rings is 2. The summed E-state index contributed by atoms with van der Waals surface area (Å²) < 4.78 is 22.5. The molecule has 154 valence electrons. The van der Waals surface area contributed by atoms with Gasteiger partial charge in [-0.15, -0.1) is 0 Å². The second-order valence-electron chi connectivity index (χ2n) is 7.07. The number of aromatic nitrogens is 3. The fourth-order valence-electron chi connectivity index (χ4n) is 3.80. The molecular formula is C23H23FN4O2. The first-order valence-electron chi connectivity index (χ1n) is 9.76. The van der Waals surface area contributed by atoms with E-state index in [4.69, 9.17) is 4.74 Å². The van der Waals surface area contributed by atoms with E-state index < -0.39 is 0 Å². The Morgan fingerprint density at radius 3 is 2.77 bits per heavy atom. The zero-order chi connectivity index (χ0) is 21.3. The molecule has 30 heavy (non-hydrogen) atoms. The van der Waals surface area contributed by atoms with Crippen LogP contribution < -0.4 is 10.1 Å². The average molecular weight is 406 g/mol. The molecule has 2 aromatic heterocycles. The smallest absolute Gasteiger partial charge is 0.259 e. The monoisotopic (exact) mass is 406 g/mol. The first-order chi connectivity index (χ1) is 14.5. The molecule has 0 saturated heterocycles.